The first-order valence-electron chi connectivity index (χ1n) is 22.8. The van der Waals surface area contributed by atoms with Crippen LogP contribution in [0.1, 0.15) is 117 Å². The molecule has 2 aromatic carbocycles. The summed E-state index contributed by atoms with van der Waals surface area (Å²) in [5.41, 5.74) is -0.130. The van der Waals surface area contributed by atoms with Gasteiger partial charge in [0, 0.05) is 77.3 Å². The van der Waals surface area contributed by atoms with E-state index in [1.54, 1.807) is 24.3 Å². The van der Waals surface area contributed by atoms with Crippen molar-refractivity contribution in [3.63, 3.8) is 0 Å². The summed E-state index contributed by atoms with van der Waals surface area (Å²) in [6.45, 7) is 0. The molecule has 0 radical (unpaired) electrons. The van der Waals surface area contributed by atoms with E-state index in [-0.39, 0.29) is 56.7 Å². The Kier molecular flexibility index (Phi) is 9.88. The maximum atomic E-state index is 14.6. The van der Waals surface area contributed by atoms with Crippen LogP contribution < -0.4 is 0 Å². The number of ether oxygens (including phenoxy) is 2. The lowest BCUT2D eigenvalue weighted by atomic mass is 9.72. The van der Waals surface area contributed by atoms with Crippen molar-refractivity contribution in [1.29, 1.82) is 21.0 Å². The molecule has 342 valence electrons. The Morgan fingerprint density at radius 1 is 0.529 bits per heavy atom. The first-order valence-corrected chi connectivity index (χ1v) is 24.4. The van der Waals surface area contributed by atoms with Crippen molar-refractivity contribution in [2.45, 2.75) is 75.4 Å². The molecule has 10 nitrogen and oxygen atoms in total. The average molecular weight is 969 g/mol. The molecular formula is C54H32F4N6O4S2. The monoisotopic (exact) mass is 968 g/mol. The zero-order valence-electron chi connectivity index (χ0n) is 36.6. The van der Waals surface area contributed by atoms with Gasteiger partial charge in [-0.15, -0.1) is 22.7 Å². The molecule has 2 fully saturated rings. The van der Waals surface area contributed by atoms with Crippen LogP contribution in [0.3, 0.4) is 0 Å². The Morgan fingerprint density at radius 3 is 1.24 bits per heavy atom. The first kappa shape index (κ1) is 43.5. The van der Waals surface area contributed by atoms with Crippen molar-refractivity contribution in [3.05, 3.63) is 150 Å². The molecule has 8 aliphatic rings. The number of benzene rings is 2. The number of thiophene rings is 2. The van der Waals surface area contributed by atoms with E-state index in [1.165, 1.54) is 22.7 Å². The van der Waals surface area contributed by atoms with E-state index in [2.05, 4.69) is 24.3 Å². The molecule has 2 aliphatic heterocycles. The van der Waals surface area contributed by atoms with Gasteiger partial charge in [0.15, 0.2) is 23.3 Å². The first-order chi connectivity index (χ1) is 33.9. The molecule has 4 aromatic rings. The summed E-state index contributed by atoms with van der Waals surface area (Å²) >= 11 is 2.67. The summed E-state index contributed by atoms with van der Waals surface area (Å²) in [5.74, 6) is -5.38. The van der Waals surface area contributed by atoms with E-state index in [1.807, 2.05) is 12.1 Å². The van der Waals surface area contributed by atoms with E-state index in [0.29, 0.717) is 21.5 Å². The molecule has 6 aliphatic carbocycles. The topological polar surface area (TPSA) is 172 Å². The van der Waals surface area contributed by atoms with Crippen molar-refractivity contribution in [2.24, 2.45) is 21.8 Å². The van der Waals surface area contributed by atoms with Crippen LogP contribution in [0.5, 0.6) is 0 Å². The highest BCUT2D eigenvalue weighted by atomic mass is 32.1. The normalized spacial score (nSPS) is 22.8. The van der Waals surface area contributed by atoms with Gasteiger partial charge in [0.2, 0.25) is 11.6 Å². The number of fused-ring (bicyclic) bond motifs is 11. The number of aliphatic imine (C=N–C) groups is 2. The van der Waals surface area contributed by atoms with Crippen LogP contribution in [0.25, 0.3) is 22.3 Å². The van der Waals surface area contributed by atoms with Gasteiger partial charge in [-0.25, -0.2) is 27.5 Å². The minimum atomic E-state index is -1.24. The highest BCUT2D eigenvalue weighted by Crippen LogP contribution is 2.60. The third-order valence-corrected chi connectivity index (χ3v) is 16.8. The molecule has 2 aromatic heterocycles. The van der Waals surface area contributed by atoms with Gasteiger partial charge in [-0.1, -0.05) is 25.0 Å². The van der Waals surface area contributed by atoms with Gasteiger partial charge < -0.3 is 9.47 Å². The number of halogens is 4. The molecular weight excluding hydrogens is 937 g/mol. The Morgan fingerprint density at radius 2 is 0.886 bits per heavy atom. The van der Waals surface area contributed by atoms with Crippen molar-refractivity contribution in [3.8, 4) is 24.3 Å². The number of hydrogen-bond acceptors (Lipinski definition) is 12. The lowest BCUT2D eigenvalue weighted by molar-refractivity contribution is -0.0338. The zero-order valence-corrected chi connectivity index (χ0v) is 38.3. The second-order valence-corrected chi connectivity index (χ2v) is 20.6. The molecule has 4 heterocycles. The fraction of sp³-hybridized carbons (Fsp3) is 0.259. The van der Waals surface area contributed by atoms with E-state index < -0.39 is 57.2 Å². The Labute approximate surface area is 405 Å². The number of carbonyl (C=O) groups is 2. The lowest BCUT2D eigenvalue weighted by Gasteiger charge is -2.46. The molecule has 70 heavy (non-hydrogen) atoms. The predicted molar refractivity (Wildman–Crippen MR) is 251 cm³/mol. The Hall–Kier alpha value is -7.76. The van der Waals surface area contributed by atoms with Crippen molar-refractivity contribution >= 4 is 78.0 Å². The van der Waals surface area contributed by atoms with Crippen molar-refractivity contribution in [2.75, 3.05) is 0 Å². The van der Waals surface area contributed by atoms with Crippen LogP contribution in [-0.2, 0) is 20.7 Å². The Bertz CT molecular complexity index is 3350. The fourth-order valence-corrected chi connectivity index (χ4v) is 13.8. The molecule has 16 heteroatoms. The molecule has 12 rings (SSSR count). The number of nitriles is 4. The fourth-order valence-electron chi connectivity index (χ4n) is 11.5. The summed E-state index contributed by atoms with van der Waals surface area (Å²) in [5, 5.41) is 40.4. The number of hydrogen-bond donors (Lipinski definition) is 0. The summed E-state index contributed by atoms with van der Waals surface area (Å²) < 4.78 is 72.3. The molecule has 0 bridgehead atoms. The maximum absolute atomic E-state index is 14.6. The smallest absolute Gasteiger partial charge is 0.212 e. The molecule has 2 spiro atoms. The number of Topliss-reactive ketones (excluding diaryl/α,β-unsaturated/α-hetero) is 2. The minimum Gasteiger partial charge on any atom is -0.482 e. The summed E-state index contributed by atoms with van der Waals surface area (Å²) in [4.78, 5) is 39.0. The average Bonchev–Trinajstić information content (AvgIpc) is 4.12. The van der Waals surface area contributed by atoms with E-state index in [0.717, 1.165) is 121 Å². The number of allylic oxidation sites excluding steroid dienone is 10. The van der Waals surface area contributed by atoms with Crippen LogP contribution in [0.15, 0.2) is 93.4 Å². The van der Waals surface area contributed by atoms with Crippen LogP contribution in [0.4, 0.5) is 27.6 Å². The van der Waals surface area contributed by atoms with E-state index in [4.69, 9.17) is 19.5 Å². The molecule has 2 atom stereocenters. The molecule has 2 unspecified atom stereocenters. The van der Waals surface area contributed by atoms with Crippen molar-refractivity contribution < 1.29 is 36.6 Å². The molecule has 0 saturated heterocycles. The summed E-state index contributed by atoms with van der Waals surface area (Å²) in [6, 6.07) is 14.1. The van der Waals surface area contributed by atoms with Crippen LogP contribution in [-0.4, -0.2) is 23.0 Å². The molecule has 2 saturated carbocycles. The van der Waals surface area contributed by atoms with Gasteiger partial charge in [-0.2, -0.15) is 21.0 Å². The van der Waals surface area contributed by atoms with Crippen molar-refractivity contribution in [1.82, 2.24) is 0 Å². The second-order valence-electron chi connectivity index (χ2n) is 18.5. The van der Waals surface area contributed by atoms with Crippen LogP contribution in [0.2, 0.25) is 0 Å². The second kappa shape index (κ2) is 15.9. The molecule has 0 amide bonds. The summed E-state index contributed by atoms with van der Waals surface area (Å²) in [6.07, 6.45) is 17.1. The van der Waals surface area contributed by atoms with Gasteiger partial charge in [-0.3, -0.25) is 9.59 Å². The maximum Gasteiger partial charge on any atom is 0.212 e. The minimum absolute atomic E-state index is 0.0705. The van der Waals surface area contributed by atoms with Gasteiger partial charge in [0.05, 0.1) is 0 Å². The van der Waals surface area contributed by atoms with E-state index >= 15 is 0 Å². The highest BCUT2D eigenvalue weighted by molar-refractivity contribution is 7.17. The highest BCUT2D eigenvalue weighted by Gasteiger charge is 2.49. The van der Waals surface area contributed by atoms with Gasteiger partial charge in [0.25, 0.3) is 0 Å². The standard InChI is InChI=1S/C54H32F4N6O4S2/c55-37-15-29-31(17-39(37)57)49(65)47(45(29)27(21-59)22-60)63-43-19-35-51(69-43)33-11-26-14-42-34(12-25(26)13-41(33)67-53(35)7-3-1-4-8-53)52-36(54(68-42)9-5-2-6-10-54)20-44(70-52)64-48-46(28(23-61)24-62)30-16-38(56)40(58)18-32(30)50(48)66/h11-20,25-26H,1-10H2. The summed E-state index contributed by atoms with van der Waals surface area (Å²) in [7, 11) is 0. The van der Waals surface area contributed by atoms with Crippen LogP contribution >= 0.6 is 22.7 Å². The van der Waals surface area contributed by atoms with Crippen LogP contribution in [0, 0.1) is 80.4 Å². The lowest BCUT2D eigenvalue weighted by Crippen LogP contribution is -2.37. The SMILES string of the molecule is N#CC(C#N)=C1C(=Nc2cc3c(s2)C2=CC4C=C5OC6(CCCCC6)c6cc(N=C7C(=O)c8cc(F)c(F)cc8C7=C(C#N)C#N)sc6C5=CC4C=C2OC32CCCCC2)C(=O)c2cc(F)c(F)cc21. The van der Waals surface area contributed by atoms with Gasteiger partial charge in [-0.05, 0) is 99.9 Å². The Balaban J connectivity index is 0.960. The molecule has 0 N–H and O–H groups in total. The number of carbonyl (C=O) groups excluding carboxylic acids is 2. The third kappa shape index (κ3) is 6.37. The zero-order chi connectivity index (χ0) is 48.4. The third-order valence-electron chi connectivity index (χ3n) is 14.7. The predicted octanol–water partition coefficient (Wildman–Crippen LogP) is 12.8. The quantitative estimate of drug-likeness (QED) is 0.141. The number of nitrogens with zero attached hydrogens (tertiary/aromatic N) is 6. The van der Waals surface area contributed by atoms with Gasteiger partial charge >= 0.3 is 0 Å². The van der Waals surface area contributed by atoms with E-state index in [9.17, 15) is 48.2 Å². The number of rotatable bonds is 2. The largest absolute Gasteiger partial charge is 0.482 e. The van der Waals surface area contributed by atoms with Gasteiger partial charge in [0.1, 0.15) is 79.6 Å². The number of ketones is 2.